The van der Waals surface area contributed by atoms with Gasteiger partial charge in [-0.05, 0) is 61.4 Å². The Morgan fingerprint density at radius 1 is 1.11 bits per heavy atom. The molecule has 0 aromatic heterocycles. The number of carbonyl (C=O) groups excluding carboxylic acids is 1. The van der Waals surface area contributed by atoms with Gasteiger partial charge in [0.25, 0.3) is 0 Å². The Morgan fingerprint density at radius 3 is 2.67 bits per heavy atom. The van der Waals surface area contributed by atoms with Gasteiger partial charge >= 0.3 is 0 Å². The highest BCUT2D eigenvalue weighted by molar-refractivity contribution is 5.79. The largest absolute Gasteiger partial charge is 0.489 e. The molecule has 0 saturated carbocycles. The molecule has 4 heteroatoms. The number of ether oxygens (including phenoxy) is 1. The first-order chi connectivity index (χ1) is 13.2. The quantitative estimate of drug-likeness (QED) is 0.825. The molecular formula is C23H28N2O2. The Hall–Kier alpha value is -2.33. The Balaban J connectivity index is 1.31. The third-order valence-corrected chi connectivity index (χ3v) is 5.76. The van der Waals surface area contributed by atoms with Gasteiger partial charge in [0, 0.05) is 18.1 Å². The molecule has 4 rings (SSSR count). The summed E-state index contributed by atoms with van der Waals surface area (Å²) < 4.78 is 5.94. The molecule has 2 atom stereocenters. The normalized spacial score (nSPS) is 23.8. The molecule has 4 nitrogen and oxygen atoms in total. The first kappa shape index (κ1) is 18.1. The van der Waals surface area contributed by atoms with Crippen LogP contribution in [0.15, 0.2) is 48.5 Å². The molecule has 2 N–H and O–H groups in total. The third-order valence-electron chi connectivity index (χ3n) is 5.76. The molecule has 2 bridgehead atoms. The lowest BCUT2D eigenvalue weighted by atomic mass is 9.99. The minimum Gasteiger partial charge on any atom is -0.489 e. The SMILES string of the molecule is Cc1ccccc1COc1cccc(CC(=O)NC2CC3CCC(C2)N3)c1. The maximum absolute atomic E-state index is 12.5. The molecule has 0 radical (unpaired) electrons. The van der Waals surface area contributed by atoms with Crippen LogP contribution in [0, 0.1) is 6.92 Å². The molecule has 2 aliphatic rings. The van der Waals surface area contributed by atoms with Crippen LogP contribution in [0.1, 0.15) is 42.4 Å². The number of carbonyl (C=O) groups is 1. The van der Waals surface area contributed by atoms with E-state index in [9.17, 15) is 4.79 Å². The molecule has 0 aliphatic carbocycles. The minimum atomic E-state index is 0.109. The predicted octanol–water partition coefficient (Wildman–Crippen LogP) is 3.52. The zero-order valence-electron chi connectivity index (χ0n) is 15.9. The van der Waals surface area contributed by atoms with Crippen molar-refractivity contribution in [1.82, 2.24) is 10.6 Å². The third kappa shape index (κ3) is 4.69. The van der Waals surface area contributed by atoms with Crippen LogP contribution in [-0.2, 0) is 17.8 Å². The van der Waals surface area contributed by atoms with Crippen molar-refractivity contribution >= 4 is 5.91 Å². The van der Waals surface area contributed by atoms with E-state index >= 15 is 0 Å². The average Bonchev–Trinajstić information content (AvgIpc) is 2.99. The average molecular weight is 364 g/mol. The highest BCUT2D eigenvalue weighted by atomic mass is 16.5. The fourth-order valence-corrected chi connectivity index (χ4v) is 4.32. The van der Waals surface area contributed by atoms with Crippen LogP contribution in [-0.4, -0.2) is 24.0 Å². The van der Waals surface area contributed by atoms with Crippen LogP contribution in [0.4, 0.5) is 0 Å². The summed E-state index contributed by atoms with van der Waals surface area (Å²) in [4.78, 5) is 12.5. The van der Waals surface area contributed by atoms with Gasteiger partial charge in [0.2, 0.25) is 5.91 Å². The Kier molecular flexibility index (Phi) is 5.44. The number of aryl methyl sites for hydroxylation is 1. The summed E-state index contributed by atoms with van der Waals surface area (Å²) in [6, 6.07) is 17.6. The standard InChI is InChI=1S/C23H28N2O2/c1-16-5-2-3-7-18(16)15-27-22-8-4-6-17(11-22)12-23(26)25-21-13-19-9-10-20(14-21)24-19/h2-8,11,19-21,24H,9-10,12-15H2,1H3,(H,25,26). The number of hydrogen-bond donors (Lipinski definition) is 2. The summed E-state index contributed by atoms with van der Waals surface area (Å²) in [6.45, 7) is 2.63. The second-order valence-electron chi connectivity index (χ2n) is 7.91. The molecule has 0 spiro atoms. The minimum absolute atomic E-state index is 0.109. The lowest BCUT2D eigenvalue weighted by Gasteiger charge is -2.29. The molecular weight excluding hydrogens is 336 g/mol. The van der Waals surface area contributed by atoms with Crippen molar-refractivity contribution in [2.75, 3.05) is 0 Å². The van der Waals surface area contributed by atoms with Gasteiger partial charge < -0.3 is 15.4 Å². The van der Waals surface area contributed by atoms with E-state index < -0.39 is 0 Å². The Morgan fingerprint density at radius 2 is 1.89 bits per heavy atom. The highest BCUT2D eigenvalue weighted by Gasteiger charge is 2.33. The molecule has 27 heavy (non-hydrogen) atoms. The fraction of sp³-hybridized carbons (Fsp3) is 0.435. The smallest absolute Gasteiger partial charge is 0.224 e. The number of nitrogens with one attached hydrogen (secondary N) is 2. The number of piperidine rings is 1. The summed E-state index contributed by atoms with van der Waals surface area (Å²) in [5.74, 6) is 0.917. The van der Waals surface area contributed by atoms with Crippen LogP contribution in [0.5, 0.6) is 5.75 Å². The Bertz CT molecular complexity index is 792. The number of benzene rings is 2. The fourth-order valence-electron chi connectivity index (χ4n) is 4.32. The van der Waals surface area contributed by atoms with Gasteiger partial charge in [0.15, 0.2) is 0 Å². The molecule has 2 aliphatic heterocycles. The van der Waals surface area contributed by atoms with Crippen molar-refractivity contribution in [1.29, 1.82) is 0 Å². The van der Waals surface area contributed by atoms with Gasteiger partial charge in [0.1, 0.15) is 12.4 Å². The van der Waals surface area contributed by atoms with Crippen LogP contribution in [0.2, 0.25) is 0 Å². The van der Waals surface area contributed by atoms with Crippen LogP contribution < -0.4 is 15.4 Å². The maximum Gasteiger partial charge on any atom is 0.224 e. The summed E-state index contributed by atoms with van der Waals surface area (Å²) in [5, 5.41) is 6.85. The van der Waals surface area contributed by atoms with Crippen LogP contribution in [0.3, 0.4) is 0 Å². The summed E-state index contributed by atoms with van der Waals surface area (Å²) in [7, 11) is 0. The zero-order valence-corrected chi connectivity index (χ0v) is 15.9. The van der Waals surface area contributed by atoms with Crippen molar-refractivity contribution in [3.63, 3.8) is 0 Å². The van der Waals surface area contributed by atoms with Gasteiger partial charge in [-0.3, -0.25) is 4.79 Å². The number of amides is 1. The number of fused-ring (bicyclic) bond motifs is 2. The van der Waals surface area contributed by atoms with Gasteiger partial charge in [-0.15, -0.1) is 0 Å². The van der Waals surface area contributed by atoms with Crippen LogP contribution >= 0.6 is 0 Å². The van der Waals surface area contributed by atoms with E-state index in [4.69, 9.17) is 4.74 Å². The van der Waals surface area contributed by atoms with E-state index in [0.29, 0.717) is 31.2 Å². The molecule has 2 saturated heterocycles. The lowest BCUT2D eigenvalue weighted by Crippen LogP contribution is -2.48. The van der Waals surface area contributed by atoms with Gasteiger partial charge in [-0.25, -0.2) is 0 Å². The molecule has 1 amide bonds. The van der Waals surface area contributed by atoms with Crippen molar-refractivity contribution in [2.45, 2.75) is 63.8 Å². The lowest BCUT2D eigenvalue weighted by molar-refractivity contribution is -0.121. The molecule has 2 unspecified atom stereocenters. The molecule has 2 heterocycles. The van der Waals surface area contributed by atoms with Crippen molar-refractivity contribution in [2.24, 2.45) is 0 Å². The second kappa shape index (κ2) is 8.13. The summed E-state index contributed by atoms with van der Waals surface area (Å²) in [5.41, 5.74) is 3.40. The van der Waals surface area contributed by atoms with E-state index in [1.54, 1.807) is 0 Å². The molecule has 2 aromatic rings. The van der Waals surface area contributed by atoms with Gasteiger partial charge in [-0.1, -0.05) is 36.4 Å². The number of hydrogen-bond acceptors (Lipinski definition) is 3. The van der Waals surface area contributed by atoms with Crippen molar-refractivity contribution in [3.8, 4) is 5.75 Å². The van der Waals surface area contributed by atoms with E-state index in [2.05, 4.69) is 29.7 Å². The van der Waals surface area contributed by atoms with Gasteiger partial charge in [0.05, 0.1) is 6.42 Å². The van der Waals surface area contributed by atoms with E-state index in [0.717, 1.165) is 24.2 Å². The second-order valence-corrected chi connectivity index (χ2v) is 7.91. The Labute approximate surface area is 161 Å². The van der Waals surface area contributed by atoms with Crippen molar-refractivity contribution < 1.29 is 9.53 Å². The zero-order chi connectivity index (χ0) is 18.6. The highest BCUT2D eigenvalue weighted by Crippen LogP contribution is 2.26. The monoisotopic (exact) mass is 364 g/mol. The summed E-state index contributed by atoms with van der Waals surface area (Å²) in [6.07, 6.45) is 5.01. The van der Waals surface area contributed by atoms with E-state index in [1.807, 2.05) is 36.4 Å². The van der Waals surface area contributed by atoms with E-state index in [1.165, 1.54) is 24.0 Å². The molecule has 2 aromatic carbocycles. The van der Waals surface area contributed by atoms with Crippen molar-refractivity contribution in [3.05, 3.63) is 65.2 Å². The first-order valence-electron chi connectivity index (χ1n) is 9.97. The first-order valence-corrected chi connectivity index (χ1v) is 9.97. The summed E-state index contributed by atoms with van der Waals surface area (Å²) >= 11 is 0. The maximum atomic E-state index is 12.5. The predicted molar refractivity (Wildman–Crippen MR) is 107 cm³/mol. The molecule has 2 fully saturated rings. The number of rotatable bonds is 6. The molecule has 142 valence electrons. The topological polar surface area (TPSA) is 50.4 Å². The van der Waals surface area contributed by atoms with Gasteiger partial charge in [-0.2, -0.15) is 0 Å². The van der Waals surface area contributed by atoms with Crippen LogP contribution in [0.25, 0.3) is 0 Å². The van der Waals surface area contributed by atoms with E-state index in [-0.39, 0.29) is 5.91 Å².